The molecule has 0 aromatic carbocycles. The molecular weight excluding hydrogens is 376 g/mol. The fraction of sp³-hybridized carbons (Fsp3) is 0.667. The Balaban J connectivity index is 2.75. The topological polar surface area (TPSA) is 84.5 Å². The van der Waals surface area contributed by atoms with Gasteiger partial charge in [0.1, 0.15) is 10.6 Å². The number of hydrogen-bond acceptors (Lipinski definition) is 5. The summed E-state index contributed by atoms with van der Waals surface area (Å²) in [4.78, 5) is 37.2. The zero-order valence-electron chi connectivity index (χ0n) is 18.0. The summed E-state index contributed by atoms with van der Waals surface area (Å²) in [5, 5.41) is 5.88. The maximum atomic E-state index is 12.6. The lowest BCUT2D eigenvalue weighted by Crippen LogP contribution is -2.30. The molecule has 1 aromatic rings. The first-order chi connectivity index (χ1) is 13.1. The van der Waals surface area contributed by atoms with E-state index in [1.165, 1.54) is 32.6 Å². The Morgan fingerprint density at radius 1 is 1.04 bits per heavy atom. The molecule has 0 bridgehead atoms. The quantitative estimate of drug-likeness (QED) is 0.294. The average molecular weight is 411 g/mol. The number of esters is 1. The van der Waals surface area contributed by atoms with Crippen molar-refractivity contribution in [3.05, 3.63) is 16.0 Å². The van der Waals surface area contributed by atoms with Crippen molar-refractivity contribution in [2.45, 2.75) is 85.7 Å². The Morgan fingerprint density at radius 2 is 1.64 bits per heavy atom. The number of carbonyl (C=O) groups is 3. The van der Waals surface area contributed by atoms with Crippen LogP contribution < -0.4 is 10.6 Å². The summed E-state index contributed by atoms with van der Waals surface area (Å²) < 4.78 is 5.45. The summed E-state index contributed by atoms with van der Waals surface area (Å²) in [5.74, 6) is -0.687. The molecule has 1 heterocycles. The Labute approximate surface area is 172 Å². The van der Waals surface area contributed by atoms with Crippen LogP contribution in [0.1, 0.15) is 98.7 Å². The first-order valence-electron chi connectivity index (χ1n) is 9.99. The van der Waals surface area contributed by atoms with E-state index >= 15 is 0 Å². The van der Waals surface area contributed by atoms with E-state index in [9.17, 15) is 14.4 Å². The smallest absolute Gasteiger partial charge is 0.341 e. The summed E-state index contributed by atoms with van der Waals surface area (Å²) in [6.07, 6.45) is 6.85. The van der Waals surface area contributed by atoms with Gasteiger partial charge in [-0.1, -0.05) is 39.0 Å². The second kappa shape index (κ2) is 11.2. The molecular formula is C21H34N2O4S. The van der Waals surface area contributed by atoms with E-state index < -0.39 is 11.6 Å². The summed E-state index contributed by atoms with van der Waals surface area (Å²) >= 11 is 1.11. The normalized spacial score (nSPS) is 11.2. The van der Waals surface area contributed by atoms with Crippen molar-refractivity contribution in [3.63, 3.8) is 0 Å². The van der Waals surface area contributed by atoms with Gasteiger partial charge in [0, 0.05) is 6.54 Å². The molecule has 1 rings (SSSR count). The van der Waals surface area contributed by atoms with E-state index in [1.807, 2.05) is 0 Å². The van der Waals surface area contributed by atoms with Gasteiger partial charge in [0.15, 0.2) is 5.78 Å². The third kappa shape index (κ3) is 8.00. The molecule has 7 heteroatoms. The fourth-order valence-electron chi connectivity index (χ4n) is 2.77. The monoisotopic (exact) mass is 410 g/mol. The average Bonchev–Trinajstić information content (AvgIpc) is 2.89. The summed E-state index contributed by atoms with van der Waals surface area (Å²) in [7, 11) is 0. The third-order valence-corrected chi connectivity index (χ3v) is 5.42. The molecule has 0 saturated heterocycles. The molecule has 0 spiro atoms. The first kappa shape index (κ1) is 24.1. The number of rotatable bonds is 10. The van der Waals surface area contributed by atoms with E-state index in [0.29, 0.717) is 22.0 Å². The molecule has 6 nitrogen and oxygen atoms in total. The van der Waals surface area contributed by atoms with E-state index in [0.717, 1.165) is 24.2 Å². The first-order valence-corrected chi connectivity index (χ1v) is 10.8. The van der Waals surface area contributed by atoms with Crippen molar-refractivity contribution < 1.29 is 19.1 Å². The predicted octanol–water partition coefficient (Wildman–Crippen LogP) is 5.70. The minimum atomic E-state index is -0.668. The second-order valence-corrected chi connectivity index (χ2v) is 8.99. The molecule has 0 aliphatic carbocycles. The van der Waals surface area contributed by atoms with Gasteiger partial charge in [-0.3, -0.25) is 10.1 Å². The van der Waals surface area contributed by atoms with Crippen molar-refractivity contribution in [1.82, 2.24) is 5.32 Å². The Morgan fingerprint density at radius 3 is 2.21 bits per heavy atom. The highest BCUT2D eigenvalue weighted by molar-refractivity contribution is 7.18. The van der Waals surface area contributed by atoms with Crippen LogP contribution in [-0.2, 0) is 4.74 Å². The van der Waals surface area contributed by atoms with Crippen molar-refractivity contribution in [1.29, 1.82) is 0 Å². The molecule has 28 heavy (non-hydrogen) atoms. The minimum Gasteiger partial charge on any atom is -0.456 e. The van der Waals surface area contributed by atoms with Gasteiger partial charge in [-0.2, -0.15) is 0 Å². The molecule has 158 valence electrons. The van der Waals surface area contributed by atoms with Crippen molar-refractivity contribution in [3.8, 4) is 0 Å². The van der Waals surface area contributed by atoms with Gasteiger partial charge in [0.25, 0.3) is 0 Å². The van der Waals surface area contributed by atoms with E-state index in [2.05, 4.69) is 17.6 Å². The molecule has 0 unspecified atom stereocenters. The number of carbonyl (C=O) groups excluding carboxylic acids is 3. The zero-order valence-corrected chi connectivity index (χ0v) is 18.8. The van der Waals surface area contributed by atoms with Crippen LogP contribution in [0.5, 0.6) is 0 Å². The van der Waals surface area contributed by atoms with Gasteiger partial charge < -0.3 is 10.1 Å². The van der Waals surface area contributed by atoms with Crippen molar-refractivity contribution in [2.24, 2.45) is 0 Å². The molecule has 2 amide bonds. The van der Waals surface area contributed by atoms with Gasteiger partial charge >= 0.3 is 12.0 Å². The van der Waals surface area contributed by atoms with Crippen LogP contribution in [-0.4, -0.2) is 29.9 Å². The number of amides is 2. The number of hydrogen-bond donors (Lipinski definition) is 2. The van der Waals surface area contributed by atoms with Gasteiger partial charge in [-0.25, -0.2) is 9.59 Å². The van der Waals surface area contributed by atoms with Gasteiger partial charge in [0.05, 0.1) is 10.4 Å². The maximum Gasteiger partial charge on any atom is 0.341 e. The molecule has 0 aliphatic heterocycles. The van der Waals surface area contributed by atoms with E-state index in [4.69, 9.17) is 4.74 Å². The van der Waals surface area contributed by atoms with Crippen LogP contribution in [0, 0.1) is 6.92 Å². The van der Waals surface area contributed by atoms with Crippen LogP contribution in [0.4, 0.5) is 9.80 Å². The largest absolute Gasteiger partial charge is 0.456 e. The lowest BCUT2D eigenvalue weighted by atomic mass is 10.1. The lowest BCUT2D eigenvalue weighted by molar-refractivity contribution is 0.00705. The Hall–Kier alpha value is -1.89. The SMILES string of the molecule is CCCCCCCCNC(=O)Nc1sc(C(C)=O)c(C)c1C(=O)OC(C)(C)C. The summed E-state index contributed by atoms with van der Waals surface area (Å²) in [6, 6.07) is -0.380. The fourth-order valence-corrected chi connectivity index (χ4v) is 3.85. The molecule has 2 N–H and O–H groups in total. The molecule has 1 aromatic heterocycles. The number of urea groups is 1. The summed E-state index contributed by atoms with van der Waals surface area (Å²) in [5.41, 5.74) is 0.122. The van der Waals surface area contributed by atoms with E-state index in [1.54, 1.807) is 27.7 Å². The van der Waals surface area contributed by atoms with Gasteiger partial charge in [-0.05, 0) is 46.6 Å². The predicted molar refractivity (Wildman–Crippen MR) is 115 cm³/mol. The van der Waals surface area contributed by atoms with Crippen molar-refractivity contribution >= 4 is 34.1 Å². The Bertz CT molecular complexity index is 689. The van der Waals surface area contributed by atoms with Crippen LogP contribution >= 0.6 is 11.3 Å². The van der Waals surface area contributed by atoms with Crippen LogP contribution in [0.25, 0.3) is 0 Å². The number of ether oxygens (including phenoxy) is 1. The van der Waals surface area contributed by atoms with Gasteiger partial charge in [-0.15, -0.1) is 11.3 Å². The van der Waals surface area contributed by atoms with Crippen LogP contribution in [0.2, 0.25) is 0 Å². The molecule has 0 radical (unpaired) electrons. The maximum absolute atomic E-state index is 12.6. The minimum absolute atomic E-state index is 0.146. The molecule has 0 fully saturated rings. The third-order valence-electron chi connectivity index (χ3n) is 4.11. The second-order valence-electron chi connectivity index (χ2n) is 7.97. The van der Waals surface area contributed by atoms with Crippen LogP contribution in [0.15, 0.2) is 0 Å². The zero-order chi connectivity index (χ0) is 21.3. The number of nitrogens with one attached hydrogen (secondary N) is 2. The van der Waals surface area contributed by atoms with Gasteiger partial charge in [0.2, 0.25) is 0 Å². The van der Waals surface area contributed by atoms with E-state index in [-0.39, 0.29) is 17.4 Å². The lowest BCUT2D eigenvalue weighted by Gasteiger charge is -2.20. The number of anilines is 1. The summed E-state index contributed by atoms with van der Waals surface area (Å²) in [6.45, 7) is 11.2. The van der Waals surface area contributed by atoms with Crippen LogP contribution in [0.3, 0.4) is 0 Å². The highest BCUT2D eigenvalue weighted by Gasteiger charge is 2.28. The number of thiophene rings is 1. The molecule has 0 atom stereocenters. The molecule has 0 aliphatic rings. The molecule has 0 saturated carbocycles. The number of Topliss-reactive ketones (excluding diaryl/α,β-unsaturated/α-hetero) is 1. The number of unbranched alkanes of at least 4 members (excludes halogenated alkanes) is 5. The highest BCUT2D eigenvalue weighted by Crippen LogP contribution is 2.34. The standard InChI is InChI=1S/C21H34N2O4S/c1-7-8-9-10-11-12-13-22-20(26)23-18-16(19(25)27-21(4,5)6)14(2)17(28-18)15(3)24/h7-13H2,1-6H3,(H2,22,23,26). The highest BCUT2D eigenvalue weighted by atomic mass is 32.1. The number of ketones is 1. The Kier molecular flexibility index (Phi) is 9.65. The van der Waals surface area contributed by atoms with Crippen molar-refractivity contribution in [2.75, 3.05) is 11.9 Å².